The lowest BCUT2D eigenvalue weighted by Crippen LogP contribution is -2.43. The predicted octanol–water partition coefficient (Wildman–Crippen LogP) is 5.04. The Morgan fingerprint density at radius 1 is 1.35 bits per heavy atom. The normalized spacial score (nSPS) is 26.6. The van der Waals surface area contributed by atoms with Crippen LogP contribution in [0.2, 0.25) is 18.1 Å². The average Bonchev–Trinajstić information content (AvgIpc) is 2.35. The third-order valence-electron chi connectivity index (χ3n) is 5.62. The zero-order valence-electron chi connectivity index (χ0n) is 14.6. The van der Waals surface area contributed by atoms with Crippen LogP contribution in [0.3, 0.4) is 0 Å². The van der Waals surface area contributed by atoms with Gasteiger partial charge in [0.1, 0.15) is 5.78 Å². The number of ketones is 1. The van der Waals surface area contributed by atoms with E-state index in [1.165, 1.54) is 0 Å². The van der Waals surface area contributed by atoms with E-state index in [0.717, 1.165) is 32.3 Å². The van der Waals surface area contributed by atoms with Crippen molar-refractivity contribution in [1.82, 2.24) is 0 Å². The Kier molecular flexibility index (Phi) is 6.03. The monoisotopic (exact) mass is 298 g/mol. The molecule has 0 heterocycles. The summed E-state index contributed by atoms with van der Waals surface area (Å²) < 4.78 is 6.36. The molecule has 1 aliphatic rings. The van der Waals surface area contributed by atoms with E-state index in [1.54, 1.807) is 0 Å². The largest absolute Gasteiger partial charge is 0.417 e. The molecule has 1 unspecified atom stereocenters. The first kappa shape index (κ1) is 17.9. The molecule has 1 saturated carbocycles. The topological polar surface area (TPSA) is 26.3 Å². The summed E-state index contributed by atoms with van der Waals surface area (Å²) in [7, 11) is -1.65. The molecular formula is C17H34O2Si. The first-order chi connectivity index (χ1) is 9.08. The highest BCUT2D eigenvalue weighted by Gasteiger charge is 2.39. The van der Waals surface area contributed by atoms with Gasteiger partial charge in [0.05, 0.1) is 0 Å². The number of carbonyl (C=O) groups excluding carboxylic acids is 1. The Morgan fingerprint density at radius 2 is 1.95 bits per heavy atom. The van der Waals surface area contributed by atoms with E-state index < -0.39 is 8.32 Å². The minimum atomic E-state index is -1.65. The van der Waals surface area contributed by atoms with Gasteiger partial charge in [0.15, 0.2) is 8.32 Å². The maximum absolute atomic E-state index is 12.1. The molecule has 0 bridgehead atoms. The van der Waals surface area contributed by atoms with Gasteiger partial charge in [-0.2, -0.15) is 0 Å². The molecule has 0 saturated heterocycles. The Labute approximate surface area is 126 Å². The third-order valence-corrected chi connectivity index (χ3v) is 10.1. The molecular weight excluding hydrogens is 264 g/mol. The Morgan fingerprint density at radius 3 is 2.45 bits per heavy atom. The van der Waals surface area contributed by atoms with Gasteiger partial charge in [-0.05, 0) is 42.8 Å². The summed E-state index contributed by atoms with van der Waals surface area (Å²) in [4.78, 5) is 12.1. The number of hydrogen-bond acceptors (Lipinski definition) is 2. The Balaban J connectivity index is 2.56. The molecule has 20 heavy (non-hydrogen) atoms. The van der Waals surface area contributed by atoms with Crippen LogP contribution in [0.5, 0.6) is 0 Å². The molecule has 0 N–H and O–H groups in total. The van der Waals surface area contributed by atoms with Crippen LogP contribution in [0.1, 0.15) is 60.3 Å². The Hall–Kier alpha value is -0.153. The highest BCUT2D eigenvalue weighted by molar-refractivity contribution is 6.74. The Bertz CT molecular complexity index is 330. The lowest BCUT2D eigenvalue weighted by molar-refractivity contribution is -0.127. The maximum atomic E-state index is 12.1. The number of hydrogen-bond donors (Lipinski definition) is 0. The average molecular weight is 299 g/mol. The van der Waals surface area contributed by atoms with Crippen LogP contribution >= 0.6 is 0 Å². The SMILES string of the molecule is CC[C@H](C)[C@@H]1CC(CO[Si](C)(C)C(C)(C)C)CCC1=O. The number of Topliss-reactive ketones (excluding diaryl/α,β-unsaturated/α-hetero) is 1. The summed E-state index contributed by atoms with van der Waals surface area (Å²) >= 11 is 0. The fourth-order valence-corrected chi connectivity index (χ4v) is 3.75. The molecule has 0 aromatic heterocycles. The second-order valence-electron chi connectivity index (χ2n) is 8.17. The summed E-state index contributed by atoms with van der Waals surface area (Å²) in [5.74, 6) is 1.88. The molecule has 0 amide bonds. The zero-order chi connectivity index (χ0) is 15.6. The number of rotatable bonds is 5. The van der Waals surface area contributed by atoms with Crippen molar-refractivity contribution in [3.05, 3.63) is 0 Å². The van der Waals surface area contributed by atoms with E-state index in [9.17, 15) is 4.79 Å². The molecule has 0 aliphatic heterocycles. The van der Waals surface area contributed by atoms with Gasteiger partial charge in [-0.1, -0.05) is 41.0 Å². The van der Waals surface area contributed by atoms with E-state index in [4.69, 9.17) is 4.43 Å². The summed E-state index contributed by atoms with van der Waals surface area (Å²) in [6.45, 7) is 16.7. The molecule has 1 aliphatic carbocycles. The third kappa shape index (κ3) is 4.42. The van der Waals surface area contributed by atoms with Crippen molar-refractivity contribution in [1.29, 1.82) is 0 Å². The first-order valence-corrected chi connectivity index (χ1v) is 11.2. The molecule has 1 fully saturated rings. The van der Waals surface area contributed by atoms with Crippen LogP contribution < -0.4 is 0 Å². The molecule has 0 radical (unpaired) electrons. The molecule has 1 rings (SSSR count). The van der Waals surface area contributed by atoms with Crippen molar-refractivity contribution in [3.63, 3.8) is 0 Å². The molecule has 0 aromatic carbocycles. The van der Waals surface area contributed by atoms with Gasteiger partial charge in [-0.15, -0.1) is 0 Å². The number of carbonyl (C=O) groups is 1. The minimum absolute atomic E-state index is 0.271. The molecule has 118 valence electrons. The molecule has 3 heteroatoms. The minimum Gasteiger partial charge on any atom is -0.417 e. The van der Waals surface area contributed by atoms with Crippen molar-refractivity contribution >= 4 is 14.1 Å². The van der Waals surface area contributed by atoms with Crippen molar-refractivity contribution in [2.45, 2.75) is 78.4 Å². The van der Waals surface area contributed by atoms with Crippen LogP contribution in [-0.4, -0.2) is 20.7 Å². The van der Waals surface area contributed by atoms with Crippen molar-refractivity contribution < 1.29 is 9.22 Å². The van der Waals surface area contributed by atoms with Crippen LogP contribution in [0.25, 0.3) is 0 Å². The van der Waals surface area contributed by atoms with Crippen LogP contribution in [0, 0.1) is 17.8 Å². The van der Waals surface area contributed by atoms with Gasteiger partial charge >= 0.3 is 0 Å². The first-order valence-electron chi connectivity index (χ1n) is 8.25. The fourth-order valence-electron chi connectivity index (χ4n) is 2.67. The highest BCUT2D eigenvalue weighted by atomic mass is 28.4. The van der Waals surface area contributed by atoms with Gasteiger partial charge < -0.3 is 4.43 Å². The molecule has 2 nitrogen and oxygen atoms in total. The van der Waals surface area contributed by atoms with E-state index in [1.807, 2.05) is 0 Å². The van der Waals surface area contributed by atoms with Gasteiger partial charge in [-0.3, -0.25) is 4.79 Å². The van der Waals surface area contributed by atoms with E-state index in [0.29, 0.717) is 17.6 Å². The standard InChI is InChI=1S/C17H34O2Si/c1-8-13(2)15-11-14(9-10-16(15)18)12-19-20(6,7)17(3,4)5/h13-15H,8-12H2,1-7H3/t13-,14?,15-/m0/s1. The van der Waals surface area contributed by atoms with Crippen LogP contribution in [0.15, 0.2) is 0 Å². The summed E-state index contributed by atoms with van der Waals surface area (Å²) in [6.07, 6.45) is 3.94. The van der Waals surface area contributed by atoms with Gasteiger partial charge in [0.25, 0.3) is 0 Å². The summed E-state index contributed by atoms with van der Waals surface area (Å²) in [5, 5.41) is 0.271. The lowest BCUT2D eigenvalue weighted by Gasteiger charge is -2.39. The van der Waals surface area contributed by atoms with Crippen LogP contribution in [0.4, 0.5) is 0 Å². The lowest BCUT2D eigenvalue weighted by atomic mass is 9.74. The maximum Gasteiger partial charge on any atom is 0.191 e. The second-order valence-corrected chi connectivity index (χ2v) is 13.0. The second kappa shape index (κ2) is 6.74. The molecule has 3 atom stereocenters. The summed E-state index contributed by atoms with van der Waals surface area (Å²) in [5.41, 5.74) is 0. The molecule has 0 aromatic rings. The zero-order valence-corrected chi connectivity index (χ0v) is 15.6. The van der Waals surface area contributed by atoms with Gasteiger partial charge in [0, 0.05) is 18.9 Å². The quantitative estimate of drug-likeness (QED) is 0.665. The highest BCUT2D eigenvalue weighted by Crippen LogP contribution is 2.38. The van der Waals surface area contributed by atoms with E-state index >= 15 is 0 Å². The van der Waals surface area contributed by atoms with E-state index in [2.05, 4.69) is 47.7 Å². The predicted molar refractivity (Wildman–Crippen MR) is 88.4 cm³/mol. The van der Waals surface area contributed by atoms with Gasteiger partial charge in [0.2, 0.25) is 0 Å². The van der Waals surface area contributed by atoms with Crippen LogP contribution in [-0.2, 0) is 9.22 Å². The van der Waals surface area contributed by atoms with Gasteiger partial charge in [-0.25, -0.2) is 0 Å². The smallest absolute Gasteiger partial charge is 0.191 e. The van der Waals surface area contributed by atoms with Crippen molar-refractivity contribution in [2.24, 2.45) is 17.8 Å². The van der Waals surface area contributed by atoms with E-state index in [-0.39, 0.29) is 11.0 Å². The summed E-state index contributed by atoms with van der Waals surface area (Å²) in [6, 6.07) is 0. The molecule has 0 spiro atoms. The fraction of sp³-hybridized carbons (Fsp3) is 0.941. The van der Waals surface area contributed by atoms with Crippen molar-refractivity contribution in [2.75, 3.05) is 6.61 Å². The van der Waals surface area contributed by atoms with Crippen molar-refractivity contribution in [3.8, 4) is 0 Å².